The molecule has 0 aliphatic rings. The maximum Gasteiger partial charge on any atom is 0.310 e. The van der Waals surface area contributed by atoms with Gasteiger partial charge in [0.1, 0.15) is 11.2 Å². The van der Waals surface area contributed by atoms with E-state index in [-0.39, 0.29) is 0 Å². The second kappa shape index (κ2) is 5.83. The summed E-state index contributed by atoms with van der Waals surface area (Å²) in [5.41, 5.74) is 1.10. The van der Waals surface area contributed by atoms with E-state index in [1.165, 1.54) is 0 Å². The van der Waals surface area contributed by atoms with Crippen LogP contribution in [0.3, 0.4) is 0 Å². The van der Waals surface area contributed by atoms with Crippen LogP contribution in [0, 0.1) is 0 Å². The van der Waals surface area contributed by atoms with Crippen molar-refractivity contribution in [3.8, 4) is 0 Å². The zero-order valence-corrected chi connectivity index (χ0v) is 15.5. The van der Waals surface area contributed by atoms with Gasteiger partial charge in [0.15, 0.2) is 0 Å². The number of rotatable bonds is 4. The number of aliphatic hydroxyl groups is 1. The van der Waals surface area contributed by atoms with Gasteiger partial charge in [-0.25, -0.2) is 0 Å². The van der Waals surface area contributed by atoms with Crippen LogP contribution in [-0.2, 0) is 4.65 Å². The number of hydrogen-bond acceptors (Lipinski definition) is 4. The maximum absolute atomic E-state index is 10.3. The molecule has 0 amide bonds. The summed E-state index contributed by atoms with van der Waals surface area (Å²) in [6, 6.07) is 12.2. The molecule has 0 bridgehead atoms. The fourth-order valence-corrected chi connectivity index (χ4v) is 3.07. The minimum absolute atomic E-state index is 0.397. The lowest BCUT2D eigenvalue weighted by atomic mass is 9.80. The van der Waals surface area contributed by atoms with E-state index in [0.717, 1.165) is 38.2 Å². The number of benzene rings is 2. The molecule has 0 fully saturated rings. The SMILES string of the molecule is CC(C)(O)C(C)(C)OBc1cccc2oc3c4cnccc4ccc3c12. The summed E-state index contributed by atoms with van der Waals surface area (Å²) >= 11 is 0. The fraction of sp³-hybridized carbons (Fsp3) is 0.286. The van der Waals surface area contributed by atoms with Gasteiger partial charge in [-0.2, -0.15) is 0 Å². The third-order valence-electron chi connectivity index (χ3n) is 5.43. The van der Waals surface area contributed by atoms with Crippen molar-refractivity contribution in [3.63, 3.8) is 0 Å². The zero-order chi connectivity index (χ0) is 18.5. The van der Waals surface area contributed by atoms with E-state index in [0.29, 0.717) is 7.48 Å². The second-order valence-corrected chi connectivity index (χ2v) is 7.79. The predicted molar refractivity (Wildman–Crippen MR) is 107 cm³/mol. The molecule has 0 saturated carbocycles. The first kappa shape index (κ1) is 17.1. The van der Waals surface area contributed by atoms with Crippen molar-refractivity contribution in [2.75, 3.05) is 0 Å². The van der Waals surface area contributed by atoms with Crippen molar-refractivity contribution in [2.45, 2.75) is 38.9 Å². The quantitative estimate of drug-likeness (QED) is 0.572. The number of furan rings is 1. The average molecular weight is 347 g/mol. The summed E-state index contributed by atoms with van der Waals surface area (Å²) in [4.78, 5) is 4.24. The van der Waals surface area contributed by atoms with Crippen LogP contribution in [0.4, 0.5) is 0 Å². The predicted octanol–water partition coefficient (Wildman–Crippen LogP) is 3.68. The van der Waals surface area contributed by atoms with Gasteiger partial charge in [-0.3, -0.25) is 4.98 Å². The Morgan fingerprint density at radius 1 is 1.04 bits per heavy atom. The molecule has 0 aliphatic heterocycles. The number of hydrogen-bond donors (Lipinski definition) is 1. The fourth-order valence-electron chi connectivity index (χ4n) is 3.07. The van der Waals surface area contributed by atoms with Crippen LogP contribution in [0.1, 0.15) is 27.7 Å². The molecule has 132 valence electrons. The standard InChI is InChI=1S/C21H22BNO3/c1-20(2,24)21(3,4)26-22-16-6-5-7-17-18(16)14-9-8-13-10-11-23-12-15(13)19(14)25-17/h5-12,22,24H,1-4H3. The van der Waals surface area contributed by atoms with Crippen LogP contribution >= 0.6 is 0 Å². The summed E-state index contributed by atoms with van der Waals surface area (Å²) < 4.78 is 12.3. The van der Waals surface area contributed by atoms with Crippen molar-refractivity contribution in [1.29, 1.82) is 0 Å². The van der Waals surface area contributed by atoms with Crippen molar-refractivity contribution < 1.29 is 14.2 Å². The highest BCUT2D eigenvalue weighted by Gasteiger charge is 2.35. The van der Waals surface area contributed by atoms with Crippen LogP contribution in [0.15, 0.2) is 53.2 Å². The second-order valence-electron chi connectivity index (χ2n) is 7.79. The van der Waals surface area contributed by atoms with Crippen LogP contribution < -0.4 is 5.46 Å². The Labute approximate surface area is 153 Å². The van der Waals surface area contributed by atoms with Gasteiger partial charge in [0.2, 0.25) is 0 Å². The summed E-state index contributed by atoms with van der Waals surface area (Å²) in [6.07, 6.45) is 3.63. The van der Waals surface area contributed by atoms with Crippen LogP contribution in [0.25, 0.3) is 32.7 Å². The highest BCUT2D eigenvalue weighted by molar-refractivity contribution is 6.53. The van der Waals surface area contributed by atoms with Crippen LogP contribution in [-0.4, -0.2) is 28.8 Å². The molecule has 2 aromatic carbocycles. The Hall–Kier alpha value is -2.37. The molecule has 0 saturated heterocycles. The summed E-state index contributed by atoms with van der Waals surface area (Å²) in [6.45, 7) is 7.33. The lowest BCUT2D eigenvalue weighted by Gasteiger charge is -2.37. The van der Waals surface area contributed by atoms with Gasteiger partial charge in [0, 0.05) is 28.6 Å². The molecule has 1 N–H and O–H groups in total. The monoisotopic (exact) mass is 347 g/mol. The average Bonchev–Trinajstić information content (AvgIpc) is 2.98. The third-order valence-corrected chi connectivity index (χ3v) is 5.43. The molecule has 4 nitrogen and oxygen atoms in total. The van der Waals surface area contributed by atoms with Gasteiger partial charge < -0.3 is 14.2 Å². The minimum atomic E-state index is -0.943. The van der Waals surface area contributed by atoms with Crippen LogP contribution in [0.5, 0.6) is 0 Å². The zero-order valence-electron chi connectivity index (χ0n) is 15.5. The largest absolute Gasteiger partial charge is 0.455 e. The Morgan fingerprint density at radius 2 is 1.85 bits per heavy atom. The van der Waals surface area contributed by atoms with E-state index < -0.39 is 11.2 Å². The van der Waals surface area contributed by atoms with Crippen molar-refractivity contribution in [1.82, 2.24) is 4.98 Å². The molecule has 2 heterocycles. The molecule has 0 spiro atoms. The lowest BCUT2D eigenvalue weighted by molar-refractivity contribution is -0.0893. The van der Waals surface area contributed by atoms with Gasteiger partial charge in [-0.15, -0.1) is 0 Å². The molecule has 4 aromatic rings. The smallest absolute Gasteiger partial charge is 0.310 e. The van der Waals surface area contributed by atoms with Crippen molar-refractivity contribution in [3.05, 3.63) is 48.8 Å². The number of fused-ring (bicyclic) bond motifs is 5. The minimum Gasteiger partial charge on any atom is -0.455 e. The molecule has 4 rings (SSSR count). The van der Waals surface area contributed by atoms with E-state index in [1.807, 2.05) is 44.3 Å². The molecule has 5 heteroatoms. The van der Waals surface area contributed by atoms with E-state index in [9.17, 15) is 5.11 Å². The summed E-state index contributed by atoms with van der Waals surface area (Å²) in [5, 5.41) is 14.6. The maximum atomic E-state index is 10.3. The van der Waals surface area contributed by atoms with E-state index in [2.05, 4.69) is 17.1 Å². The van der Waals surface area contributed by atoms with E-state index >= 15 is 0 Å². The molecule has 0 atom stereocenters. The van der Waals surface area contributed by atoms with Gasteiger partial charge in [0.05, 0.1) is 11.2 Å². The van der Waals surface area contributed by atoms with Crippen molar-refractivity contribution >= 4 is 45.7 Å². The molecule has 0 unspecified atom stereocenters. The molecule has 0 aliphatic carbocycles. The number of pyridine rings is 1. The van der Waals surface area contributed by atoms with Gasteiger partial charge in [-0.1, -0.05) is 18.2 Å². The Balaban J connectivity index is 1.85. The third kappa shape index (κ3) is 2.68. The Bertz CT molecular complexity index is 1110. The number of aromatic nitrogens is 1. The Morgan fingerprint density at radius 3 is 2.62 bits per heavy atom. The summed E-state index contributed by atoms with van der Waals surface area (Å²) in [5.74, 6) is 0. The molecule has 26 heavy (non-hydrogen) atoms. The molecular formula is C21H22BNO3. The van der Waals surface area contributed by atoms with Crippen molar-refractivity contribution in [2.24, 2.45) is 0 Å². The first-order valence-corrected chi connectivity index (χ1v) is 8.81. The highest BCUT2D eigenvalue weighted by Crippen LogP contribution is 2.33. The van der Waals surface area contributed by atoms with Gasteiger partial charge in [-0.05, 0) is 56.7 Å². The van der Waals surface area contributed by atoms with E-state index in [1.54, 1.807) is 20.0 Å². The van der Waals surface area contributed by atoms with Gasteiger partial charge in [0.25, 0.3) is 0 Å². The first-order valence-electron chi connectivity index (χ1n) is 8.81. The topological polar surface area (TPSA) is 55.5 Å². The normalized spacial score (nSPS) is 13.0. The Kier molecular flexibility index (Phi) is 3.83. The molecule has 0 radical (unpaired) electrons. The lowest BCUT2D eigenvalue weighted by Crippen LogP contribution is -2.49. The summed E-state index contributed by atoms with van der Waals surface area (Å²) in [7, 11) is 0.397. The van der Waals surface area contributed by atoms with Crippen LogP contribution in [0.2, 0.25) is 0 Å². The molecular weight excluding hydrogens is 325 g/mol. The highest BCUT2D eigenvalue weighted by atomic mass is 16.5. The number of nitrogens with zero attached hydrogens (tertiary/aromatic N) is 1. The molecule has 2 aromatic heterocycles. The van der Waals surface area contributed by atoms with E-state index in [4.69, 9.17) is 9.07 Å². The van der Waals surface area contributed by atoms with Gasteiger partial charge >= 0.3 is 7.48 Å². The first-order chi connectivity index (χ1) is 12.3.